The molecule has 1 aromatic heterocycles. The average molecular weight is 283 g/mol. The highest BCUT2D eigenvalue weighted by Crippen LogP contribution is 2.19. The van der Waals surface area contributed by atoms with Crippen molar-refractivity contribution < 1.29 is 0 Å². The second kappa shape index (κ2) is 7.21. The Balaban J connectivity index is 2.33. The van der Waals surface area contributed by atoms with Gasteiger partial charge >= 0.3 is 0 Å². The van der Waals surface area contributed by atoms with E-state index in [-0.39, 0.29) is 0 Å². The minimum atomic E-state index is 0.792. The molecule has 3 heteroatoms. The summed E-state index contributed by atoms with van der Waals surface area (Å²) in [7, 11) is 0. The molecule has 0 spiro atoms. The Morgan fingerprint density at radius 1 is 1.05 bits per heavy atom. The van der Waals surface area contributed by atoms with Crippen LogP contribution in [0.2, 0.25) is 0 Å². The lowest BCUT2D eigenvalue weighted by molar-refractivity contribution is 0.874. The highest BCUT2D eigenvalue weighted by Gasteiger charge is 2.10. The number of rotatable bonds is 6. The SMILES string of the molecule is CCCNc1nc(Cc2ccccc2C)nc(CC)c1C. The van der Waals surface area contributed by atoms with Crippen LogP contribution in [0, 0.1) is 13.8 Å². The third kappa shape index (κ3) is 3.81. The number of hydrogen-bond acceptors (Lipinski definition) is 3. The molecule has 21 heavy (non-hydrogen) atoms. The summed E-state index contributed by atoms with van der Waals surface area (Å²) in [5, 5.41) is 3.43. The molecule has 0 aliphatic heterocycles. The van der Waals surface area contributed by atoms with Crippen molar-refractivity contribution >= 4 is 5.82 Å². The lowest BCUT2D eigenvalue weighted by Gasteiger charge is -2.13. The zero-order valence-electron chi connectivity index (χ0n) is 13.5. The largest absolute Gasteiger partial charge is 0.370 e. The molecular weight excluding hydrogens is 258 g/mol. The van der Waals surface area contributed by atoms with Crippen LogP contribution in [0.1, 0.15) is 48.5 Å². The first-order chi connectivity index (χ1) is 10.2. The molecule has 0 saturated heterocycles. The molecule has 1 aromatic carbocycles. The Bertz CT molecular complexity index is 605. The van der Waals surface area contributed by atoms with Crippen LogP contribution in [0.4, 0.5) is 5.82 Å². The summed E-state index contributed by atoms with van der Waals surface area (Å²) in [5.74, 6) is 1.90. The molecular formula is C18H25N3. The van der Waals surface area contributed by atoms with E-state index in [1.54, 1.807) is 0 Å². The molecule has 112 valence electrons. The monoisotopic (exact) mass is 283 g/mol. The van der Waals surface area contributed by atoms with Gasteiger partial charge in [0.2, 0.25) is 0 Å². The maximum absolute atomic E-state index is 4.74. The first kappa shape index (κ1) is 15.5. The van der Waals surface area contributed by atoms with E-state index in [0.29, 0.717) is 0 Å². The number of nitrogens with one attached hydrogen (secondary N) is 1. The van der Waals surface area contributed by atoms with E-state index in [2.05, 4.69) is 57.3 Å². The number of aryl methyl sites for hydroxylation is 2. The van der Waals surface area contributed by atoms with Gasteiger partial charge in [0.25, 0.3) is 0 Å². The molecule has 1 heterocycles. The molecule has 2 aromatic rings. The maximum Gasteiger partial charge on any atom is 0.135 e. The first-order valence-electron chi connectivity index (χ1n) is 7.80. The van der Waals surface area contributed by atoms with Gasteiger partial charge in [-0.05, 0) is 37.8 Å². The second-order valence-corrected chi connectivity index (χ2v) is 5.44. The summed E-state index contributed by atoms with van der Waals surface area (Å²) in [5.41, 5.74) is 4.92. The van der Waals surface area contributed by atoms with E-state index in [1.807, 2.05) is 0 Å². The minimum Gasteiger partial charge on any atom is -0.370 e. The molecule has 0 fully saturated rings. The lowest BCUT2D eigenvalue weighted by atomic mass is 10.1. The van der Waals surface area contributed by atoms with Crippen molar-refractivity contribution in [2.75, 3.05) is 11.9 Å². The van der Waals surface area contributed by atoms with Gasteiger partial charge in [-0.2, -0.15) is 0 Å². The van der Waals surface area contributed by atoms with E-state index in [0.717, 1.165) is 43.1 Å². The van der Waals surface area contributed by atoms with Crippen molar-refractivity contribution in [3.63, 3.8) is 0 Å². The van der Waals surface area contributed by atoms with Gasteiger partial charge in [0.05, 0.1) is 0 Å². The predicted molar refractivity (Wildman–Crippen MR) is 88.9 cm³/mol. The Labute approximate surface area is 127 Å². The smallest absolute Gasteiger partial charge is 0.135 e. The predicted octanol–water partition coefficient (Wildman–Crippen LogP) is 4.07. The quantitative estimate of drug-likeness (QED) is 0.868. The van der Waals surface area contributed by atoms with Crippen molar-refractivity contribution in [2.24, 2.45) is 0 Å². The zero-order valence-corrected chi connectivity index (χ0v) is 13.5. The van der Waals surface area contributed by atoms with Gasteiger partial charge in [0.1, 0.15) is 11.6 Å². The summed E-state index contributed by atoms with van der Waals surface area (Å²) in [6, 6.07) is 8.44. The molecule has 0 saturated carbocycles. The van der Waals surface area contributed by atoms with Gasteiger partial charge in [-0.1, -0.05) is 38.1 Å². The van der Waals surface area contributed by atoms with Crippen molar-refractivity contribution in [3.8, 4) is 0 Å². The van der Waals surface area contributed by atoms with Crippen molar-refractivity contribution in [1.29, 1.82) is 0 Å². The van der Waals surface area contributed by atoms with Gasteiger partial charge in [-0.15, -0.1) is 0 Å². The van der Waals surface area contributed by atoms with Crippen LogP contribution >= 0.6 is 0 Å². The Hall–Kier alpha value is -1.90. The Morgan fingerprint density at radius 2 is 1.81 bits per heavy atom. The minimum absolute atomic E-state index is 0.792. The topological polar surface area (TPSA) is 37.8 Å². The van der Waals surface area contributed by atoms with Crippen LogP contribution in [0.25, 0.3) is 0 Å². The van der Waals surface area contributed by atoms with Gasteiger partial charge in [0.15, 0.2) is 0 Å². The van der Waals surface area contributed by atoms with E-state index in [1.165, 1.54) is 16.7 Å². The molecule has 0 aliphatic rings. The Morgan fingerprint density at radius 3 is 2.48 bits per heavy atom. The second-order valence-electron chi connectivity index (χ2n) is 5.44. The fourth-order valence-corrected chi connectivity index (χ4v) is 2.43. The summed E-state index contributed by atoms with van der Waals surface area (Å²) >= 11 is 0. The molecule has 3 nitrogen and oxygen atoms in total. The summed E-state index contributed by atoms with van der Waals surface area (Å²) in [4.78, 5) is 9.48. The van der Waals surface area contributed by atoms with Crippen LogP contribution in [-0.2, 0) is 12.8 Å². The van der Waals surface area contributed by atoms with Crippen molar-refractivity contribution in [1.82, 2.24) is 9.97 Å². The van der Waals surface area contributed by atoms with Gasteiger partial charge in [0, 0.05) is 24.2 Å². The van der Waals surface area contributed by atoms with E-state index >= 15 is 0 Å². The fraction of sp³-hybridized carbons (Fsp3) is 0.444. The highest BCUT2D eigenvalue weighted by atomic mass is 15.0. The normalized spacial score (nSPS) is 10.7. The van der Waals surface area contributed by atoms with Crippen LogP contribution in [-0.4, -0.2) is 16.5 Å². The third-order valence-corrected chi connectivity index (χ3v) is 3.78. The van der Waals surface area contributed by atoms with Crippen LogP contribution < -0.4 is 5.32 Å². The first-order valence-corrected chi connectivity index (χ1v) is 7.80. The molecule has 0 bridgehead atoms. The van der Waals surface area contributed by atoms with Crippen LogP contribution in [0.15, 0.2) is 24.3 Å². The zero-order chi connectivity index (χ0) is 15.2. The van der Waals surface area contributed by atoms with Crippen molar-refractivity contribution in [2.45, 2.75) is 47.0 Å². The summed E-state index contributed by atoms with van der Waals surface area (Å²) in [6.07, 6.45) is 2.83. The number of nitrogens with zero attached hydrogens (tertiary/aromatic N) is 2. The maximum atomic E-state index is 4.74. The fourth-order valence-electron chi connectivity index (χ4n) is 2.43. The Kier molecular flexibility index (Phi) is 5.32. The number of aromatic nitrogens is 2. The molecule has 0 atom stereocenters. The van der Waals surface area contributed by atoms with Crippen LogP contribution in [0.5, 0.6) is 0 Å². The third-order valence-electron chi connectivity index (χ3n) is 3.78. The number of anilines is 1. The van der Waals surface area contributed by atoms with Gasteiger partial charge in [-0.25, -0.2) is 9.97 Å². The van der Waals surface area contributed by atoms with Gasteiger partial charge in [-0.3, -0.25) is 0 Å². The lowest BCUT2D eigenvalue weighted by Crippen LogP contribution is -2.11. The summed E-state index contributed by atoms with van der Waals surface area (Å²) < 4.78 is 0. The molecule has 2 rings (SSSR count). The average Bonchev–Trinajstić information content (AvgIpc) is 2.49. The molecule has 1 N–H and O–H groups in total. The number of benzene rings is 1. The van der Waals surface area contributed by atoms with E-state index in [9.17, 15) is 0 Å². The molecule has 0 amide bonds. The van der Waals surface area contributed by atoms with E-state index in [4.69, 9.17) is 9.97 Å². The van der Waals surface area contributed by atoms with E-state index < -0.39 is 0 Å². The highest BCUT2D eigenvalue weighted by molar-refractivity contribution is 5.46. The molecule has 0 unspecified atom stereocenters. The summed E-state index contributed by atoms with van der Waals surface area (Å²) in [6.45, 7) is 9.51. The standard InChI is InChI=1S/C18H25N3/c1-5-11-19-18-14(4)16(6-2)20-17(21-18)12-15-10-8-7-9-13(15)3/h7-10H,5-6,11-12H2,1-4H3,(H,19,20,21). The van der Waals surface area contributed by atoms with Crippen LogP contribution in [0.3, 0.4) is 0 Å². The number of hydrogen-bond donors (Lipinski definition) is 1. The van der Waals surface area contributed by atoms with Crippen molar-refractivity contribution in [3.05, 3.63) is 52.5 Å². The molecule has 0 aliphatic carbocycles. The van der Waals surface area contributed by atoms with Gasteiger partial charge < -0.3 is 5.32 Å². The molecule has 0 radical (unpaired) electrons.